The van der Waals surface area contributed by atoms with Crippen molar-refractivity contribution < 1.29 is 0 Å². The van der Waals surface area contributed by atoms with E-state index in [-0.39, 0.29) is 0 Å². The minimum Gasteiger partial charge on any atom is -0.241 e. The molecule has 0 atom stereocenters. The van der Waals surface area contributed by atoms with Crippen LogP contribution in [0.2, 0.25) is 0 Å². The van der Waals surface area contributed by atoms with Crippen LogP contribution in [0.3, 0.4) is 0 Å². The summed E-state index contributed by atoms with van der Waals surface area (Å²) >= 11 is 0. The van der Waals surface area contributed by atoms with E-state index in [0.717, 1.165) is 5.82 Å². The van der Waals surface area contributed by atoms with Crippen molar-refractivity contribution in [3.8, 4) is 0 Å². The second-order valence-corrected chi connectivity index (χ2v) is 6.21. The molecule has 2 heteroatoms. The van der Waals surface area contributed by atoms with Gasteiger partial charge >= 0.3 is 0 Å². The number of aromatic nitrogens is 2. The summed E-state index contributed by atoms with van der Waals surface area (Å²) < 4.78 is 0. The summed E-state index contributed by atoms with van der Waals surface area (Å²) in [4.78, 5) is 9.00. The Morgan fingerprint density at radius 1 is 0.714 bits per heavy atom. The van der Waals surface area contributed by atoms with Crippen LogP contribution in [-0.2, 0) is 0 Å². The van der Waals surface area contributed by atoms with Gasteiger partial charge in [-0.25, -0.2) is 9.97 Å². The maximum absolute atomic E-state index is 4.50. The van der Waals surface area contributed by atoms with E-state index in [9.17, 15) is 0 Å². The first-order valence-electron chi connectivity index (χ1n) is 9.15. The van der Waals surface area contributed by atoms with E-state index in [1.807, 2.05) is 18.5 Å². The van der Waals surface area contributed by atoms with Crippen LogP contribution in [-0.4, -0.2) is 9.97 Å². The maximum Gasteiger partial charge on any atom is 0.131 e. The van der Waals surface area contributed by atoms with Crippen molar-refractivity contribution in [2.45, 2.75) is 96.8 Å². The Hall–Kier alpha value is -0.920. The van der Waals surface area contributed by atoms with Crippen molar-refractivity contribution in [3.05, 3.63) is 24.3 Å². The largest absolute Gasteiger partial charge is 0.241 e. The van der Waals surface area contributed by atoms with Gasteiger partial charge in [-0.2, -0.15) is 0 Å². The second-order valence-electron chi connectivity index (χ2n) is 6.21. The Kier molecular flexibility index (Phi) is 11.0. The topological polar surface area (TPSA) is 25.8 Å². The summed E-state index contributed by atoms with van der Waals surface area (Å²) in [6.45, 7) is 4.55. The van der Waals surface area contributed by atoms with Gasteiger partial charge in [0.1, 0.15) is 5.82 Å². The number of hydrogen-bond donors (Lipinski definition) is 0. The molecular formula is C19H34N2. The lowest BCUT2D eigenvalue weighted by atomic mass is 9.93. The average molecular weight is 290 g/mol. The zero-order valence-corrected chi connectivity index (χ0v) is 14.2. The summed E-state index contributed by atoms with van der Waals surface area (Å²) in [7, 11) is 0. The third-order valence-electron chi connectivity index (χ3n) is 4.26. The molecule has 1 aromatic rings. The molecule has 0 amide bonds. The van der Waals surface area contributed by atoms with E-state index in [4.69, 9.17) is 0 Å². The highest BCUT2D eigenvalue weighted by Gasteiger charge is 2.13. The van der Waals surface area contributed by atoms with Gasteiger partial charge in [0.2, 0.25) is 0 Å². The van der Waals surface area contributed by atoms with Gasteiger partial charge in [0.25, 0.3) is 0 Å². The molecule has 0 spiro atoms. The molecule has 2 nitrogen and oxygen atoms in total. The van der Waals surface area contributed by atoms with Crippen LogP contribution < -0.4 is 0 Å². The fourth-order valence-corrected chi connectivity index (χ4v) is 2.91. The van der Waals surface area contributed by atoms with Crippen molar-refractivity contribution in [2.75, 3.05) is 0 Å². The summed E-state index contributed by atoms with van der Waals surface area (Å²) in [5.41, 5.74) is 0. The Labute approximate surface area is 131 Å². The molecule has 21 heavy (non-hydrogen) atoms. The van der Waals surface area contributed by atoms with Gasteiger partial charge in [-0.15, -0.1) is 0 Å². The van der Waals surface area contributed by atoms with Crippen LogP contribution in [0.15, 0.2) is 18.5 Å². The van der Waals surface area contributed by atoms with Gasteiger partial charge in [-0.3, -0.25) is 0 Å². The summed E-state index contributed by atoms with van der Waals surface area (Å²) in [5.74, 6) is 1.65. The van der Waals surface area contributed by atoms with Gasteiger partial charge < -0.3 is 0 Å². The van der Waals surface area contributed by atoms with Crippen LogP contribution in [0.5, 0.6) is 0 Å². The Bertz CT molecular complexity index is 310. The van der Waals surface area contributed by atoms with Gasteiger partial charge in [-0.05, 0) is 18.9 Å². The molecule has 0 aliphatic heterocycles. The number of hydrogen-bond acceptors (Lipinski definition) is 2. The molecule has 1 rings (SSSR count). The normalized spacial score (nSPS) is 11.2. The lowest BCUT2D eigenvalue weighted by Gasteiger charge is -2.15. The molecule has 0 aliphatic carbocycles. The zero-order valence-electron chi connectivity index (χ0n) is 14.2. The maximum atomic E-state index is 4.50. The van der Waals surface area contributed by atoms with Crippen LogP contribution in [0.25, 0.3) is 0 Å². The minimum atomic E-state index is 0.578. The average Bonchev–Trinajstić information content (AvgIpc) is 2.53. The highest BCUT2D eigenvalue weighted by atomic mass is 14.9. The van der Waals surface area contributed by atoms with Crippen LogP contribution in [0.1, 0.15) is 103 Å². The van der Waals surface area contributed by atoms with Gasteiger partial charge in [0, 0.05) is 18.3 Å². The SMILES string of the molecule is CCCCCCCC(CCCCCCC)c1ncccn1. The molecule has 0 unspecified atom stereocenters. The number of nitrogens with zero attached hydrogens (tertiary/aromatic N) is 2. The van der Waals surface area contributed by atoms with Gasteiger partial charge in [0.15, 0.2) is 0 Å². The van der Waals surface area contributed by atoms with E-state index in [1.165, 1.54) is 77.0 Å². The molecule has 0 saturated heterocycles. The Morgan fingerprint density at radius 3 is 1.67 bits per heavy atom. The molecule has 0 fully saturated rings. The Morgan fingerprint density at radius 2 is 1.19 bits per heavy atom. The molecule has 1 aromatic heterocycles. The van der Waals surface area contributed by atoms with Crippen LogP contribution >= 0.6 is 0 Å². The predicted octanol–water partition coefficient (Wildman–Crippen LogP) is 6.28. The smallest absolute Gasteiger partial charge is 0.131 e. The Balaban J connectivity index is 2.32. The van der Waals surface area contributed by atoms with Crippen LogP contribution in [0.4, 0.5) is 0 Å². The van der Waals surface area contributed by atoms with Crippen LogP contribution in [0, 0.1) is 0 Å². The number of unbranched alkanes of at least 4 members (excludes halogenated alkanes) is 8. The summed E-state index contributed by atoms with van der Waals surface area (Å²) in [6, 6.07) is 1.92. The molecule has 0 aromatic carbocycles. The quantitative estimate of drug-likeness (QED) is 0.399. The molecule has 0 radical (unpaired) electrons. The second kappa shape index (κ2) is 12.8. The van der Waals surface area contributed by atoms with Crippen molar-refractivity contribution in [1.29, 1.82) is 0 Å². The molecule has 1 heterocycles. The zero-order chi connectivity index (χ0) is 15.2. The lowest BCUT2D eigenvalue weighted by Crippen LogP contribution is -2.04. The van der Waals surface area contributed by atoms with E-state index in [0.29, 0.717) is 5.92 Å². The third-order valence-corrected chi connectivity index (χ3v) is 4.26. The molecule has 0 bridgehead atoms. The predicted molar refractivity (Wildman–Crippen MR) is 91.5 cm³/mol. The molecule has 0 saturated carbocycles. The van der Waals surface area contributed by atoms with Crippen molar-refractivity contribution in [3.63, 3.8) is 0 Å². The van der Waals surface area contributed by atoms with E-state index in [1.54, 1.807) is 0 Å². The standard InChI is InChI=1S/C19H34N2/c1-3-5-7-9-11-14-18(15-12-10-8-6-4-2)19-20-16-13-17-21-19/h13,16-18H,3-12,14-15H2,1-2H3. The highest BCUT2D eigenvalue weighted by Crippen LogP contribution is 2.26. The number of rotatable bonds is 13. The minimum absolute atomic E-state index is 0.578. The van der Waals surface area contributed by atoms with Crippen molar-refractivity contribution in [2.24, 2.45) is 0 Å². The van der Waals surface area contributed by atoms with E-state index >= 15 is 0 Å². The first kappa shape index (κ1) is 18.1. The molecule has 0 aliphatic rings. The summed E-state index contributed by atoms with van der Waals surface area (Å²) in [6.07, 6.45) is 19.9. The fraction of sp³-hybridized carbons (Fsp3) is 0.789. The molecular weight excluding hydrogens is 256 g/mol. The first-order valence-corrected chi connectivity index (χ1v) is 9.15. The summed E-state index contributed by atoms with van der Waals surface area (Å²) in [5, 5.41) is 0. The van der Waals surface area contributed by atoms with Crippen molar-refractivity contribution >= 4 is 0 Å². The lowest BCUT2D eigenvalue weighted by molar-refractivity contribution is 0.474. The van der Waals surface area contributed by atoms with E-state index < -0.39 is 0 Å². The third kappa shape index (κ3) is 8.85. The monoisotopic (exact) mass is 290 g/mol. The highest BCUT2D eigenvalue weighted by molar-refractivity contribution is 4.96. The van der Waals surface area contributed by atoms with Gasteiger partial charge in [-0.1, -0.05) is 78.1 Å². The van der Waals surface area contributed by atoms with Crippen molar-refractivity contribution in [1.82, 2.24) is 9.97 Å². The fourth-order valence-electron chi connectivity index (χ4n) is 2.91. The molecule has 0 N–H and O–H groups in total. The van der Waals surface area contributed by atoms with Gasteiger partial charge in [0.05, 0.1) is 0 Å². The molecule has 120 valence electrons. The first-order chi connectivity index (χ1) is 10.4. The van der Waals surface area contributed by atoms with E-state index in [2.05, 4.69) is 23.8 Å².